The highest BCUT2D eigenvalue weighted by Gasteiger charge is 2.44. The Hall–Kier alpha value is -0.590. The Bertz CT molecular complexity index is 314. The zero-order chi connectivity index (χ0) is 13.7. The van der Waals surface area contributed by atoms with Gasteiger partial charge in [0.05, 0.1) is 6.07 Å². The molecule has 1 N–H and O–H groups in total. The van der Waals surface area contributed by atoms with Gasteiger partial charge in [-0.05, 0) is 62.6 Å². The molecule has 19 heavy (non-hydrogen) atoms. The molecule has 1 heterocycles. The fraction of sp³-hybridized carbons (Fsp3) is 0.938. The van der Waals surface area contributed by atoms with Crippen LogP contribution in [0.3, 0.4) is 0 Å². The van der Waals surface area contributed by atoms with Gasteiger partial charge >= 0.3 is 0 Å². The third-order valence-electron chi connectivity index (χ3n) is 4.56. The van der Waals surface area contributed by atoms with Crippen LogP contribution in [-0.2, 0) is 0 Å². The second-order valence-corrected chi connectivity index (χ2v) is 7.13. The third-order valence-corrected chi connectivity index (χ3v) is 4.56. The summed E-state index contributed by atoms with van der Waals surface area (Å²) in [5.74, 6) is 1.55. The highest BCUT2D eigenvalue weighted by molar-refractivity contribution is 5.01. The molecule has 0 spiro atoms. The van der Waals surface area contributed by atoms with Gasteiger partial charge in [-0.2, -0.15) is 5.26 Å². The van der Waals surface area contributed by atoms with Crippen molar-refractivity contribution in [2.75, 3.05) is 32.7 Å². The van der Waals surface area contributed by atoms with E-state index in [2.05, 4.69) is 30.1 Å². The van der Waals surface area contributed by atoms with E-state index >= 15 is 0 Å². The Labute approximate surface area is 118 Å². The Morgan fingerprint density at radius 2 is 2.21 bits per heavy atom. The van der Waals surface area contributed by atoms with E-state index in [9.17, 15) is 0 Å². The Balaban J connectivity index is 1.70. The summed E-state index contributed by atoms with van der Waals surface area (Å²) in [5.41, 5.74) is 0.377. The van der Waals surface area contributed by atoms with Crippen LogP contribution in [0, 0.1) is 28.6 Å². The maximum absolute atomic E-state index is 8.91. The van der Waals surface area contributed by atoms with Crippen molar-refractivity contribution < 1.29 is 0 Å². The summed E-state index contributed by atoms with van der Waals surface area (Å²) in [4.78, 5) is 2.62. The summed E-state index contributed by atoms with van der Waals surface area (Å²) in [5, 5.41) is 12.5. The molecule has 1 aliphatic heterocycles. The molecule has 0 aromatic carbocycles. The third kappa shape index (κ3) is 4.78. The zero-order valence-electron chi connectivity index (χ0n) is 12.6. The lowest BCUT2D eigenvalue weighted by molar-refractivity contribution is 0.143. The maximum atomic E-state index is 8.91. The van der Waals surface area contributed by atoms with Crippen molar-refractivity contribution in [2.24, 2.45) is 17.3 Å². The molecule has 2 fully saturated rings. The summed E-state index contributed by atoms with van der Waals surface area (Å²) in [6.45, 7) is 10.5. The number of rotatable bonds is 7. The second-order valence-electron chi connectivity index (χ2n) is 7.13. The van der Waals surface area contributed by atoms with Gasteiger partial charge in [0.25, 0.3) is 0 Å². The fourth-order valence-electron chi connectivity index (χ4n) is 3.25. The number of hydrogen-bond donors (Lipinski definition) is 1. The van der Waals surface area contributed by atoms with E-state index < -0.39 is 0 Å². The summed E-state index contributed by atoms with van der Waals surface area (Å²) in [6.07, 6.45) is 6.00. The number of nitriles is 1. The number of likely N-dealkylation sites (tertiary alicyclic amines) is 1. The molecule has 108 valence electrons. The first-order chi connectivity index (χ1) is 9.13. The van der Waals surface area contributed by atoms with Crippen molar-refractivity contribution in [1.82, 2.24) is 10.2 Å². The van der Waals surface area contributed by atoms with E-state index in [1.54, 1.807) is 0 Å². The van der Waals surface area contributed by atoms with Crippen LogP contribution >= 0.6 is 0 Å². The number of nitrogens with zero attached hydrogens (tertiary/aromatic N) is 2. The summed E-state index contributed by atoms with van der Waals surface area (Å²) in [6, 6.07) is 2.38. The maximum Gasteiger partial charge on any atom is 0.0628 e. The van der Waals surface area contributed by atoms with Crippen LogP contribution in [0.2, 0.25) is 0 Å². The second kappa shape index (κ2) is 6.72. The van der Waals surface area contributed by atoms with Gasteiger partial charge in [-0.15, -0.1) is 0 Å². The summed E-state index contributed by atoms with van der Waals surface area (Å²) < 4.78 is 0. The van der Waals surface area contributed by atoms with Crippen molar-refractivity contribution >= 4 is 0 Å². The van der Waals surface area contributed by atoms with Gasteiger partial charge in [0.15, 0.2) is 0 Å². The highest BCUT2D eigenvalue weighted by atomic mass is 15.1. The van der Waals surface area contributed by atoms with Crippen molar-refractivity contribution in [3.8, 4) is 6.07 Å². The minimum Gasteiger partial charge on any atom is -0.316 e. The number of nitrogens with one attached hydrogen (secondary N) is 1. The monoisotopic (exact) mass is 263 g/mol. The molecule has 1 saturated heterocycles. The minimum absolute atomic E-state index is 0.377. The van der Waals surface area contributed by atoms with Crippen LogP contribution < -0.4 is 5.32 Å². The predicted molar refractivity (Wildman–Crippen MR) is 78.8 cm³/mol. The Kier molecular flexibility index (Phi) is 5.24. The smallest absolute Gasteiger partial charge is 0.0628 e. The van der Waals surface area contributed by atoms with Crippen LogP contribution in [0.15, 0.2) is 0 Å². The van der Waals surface area contributed by atoms with Gasteiger partial charge in [0.2, 0.25) is 0 Å². The lowest BCUT2D eigenvalue weighted by Crippen LogP contribution is -2.42. The first kappa shape index (κ1) is 14.8. The highest BCUT2D eigenvalue weighted by Crippen LogP contribution is 2.49. The SMILES string of the molecule is CC(C)CNCC1CCCN(CC2(CC#N)CC2)C1. The van der Waals surface area contributed by atoms with E-state index in [4.69, 9.17) is 5.26 Å². The van der Waals surface area contributed by atoms with Gasteiger partial charge in [-0.3, -0.25) is 0 Å². The standard InChI is InChI=1S/C16H29N3/c1-14(2)10-18-11-15-4-3-9-19(12-15)13-16(5-6-16)7-8-17/h14-15,18H,3-7,9-13H2,1-2H3. The molecule has 2 rings (SSSR count). The molecule has 0 aromatic rings. The van der Waals surface area contributed by atoms with Crippen molar-refractivity contribution in [3.05, 3.63) is 0 Å². The topological polar surface area (TPSA) is 39.1 Å². The molecule has 0 aromatic heterocycles. The van der Waals surface area contributed by atoms with Crippen LogP contribution in [0.4, 0.5) is 0 Å². The quantitative estimate of drug-likeness (QED) is 0.767. The normalized spacial score (nSPS) is 26.3. The van der Waals surface area contributed by atoms with Gasteiger partial charge in [0, 0.05) is 19.5 Å². The lowest BCUT2D eigenvalue weighted by atomic mass is 9.95. The van der Waals surface area contributed by atoms with Gasteiger partial charge < -0.3 is 10.2 Å². The molecule has 0 radical (unpaired) electrons. The molecule has 3 heteroatoms. The van der Waals surface area contributed by atoms with Crippen LogP contribution in [-0.4, -0.2) is 37.6 Å². The minimum atomic E-state index is 0.377. The van der Waals surface area contributed by atoms with E-state index in [0.717, 1.165) is 24.8 Å². The van der Waals surface area contributed by atoms with Crippen LogP contribution in [0.5, 0.6) is 0 Å². The molecule has 1 saturated carbocycles. The molecule has 1 unspecified atom stereocenters. The van der Waals surface area contributed by atoms with Gasteiger partial charge in [-0.1, -0.05) is 13.8 Å². The molecule has 3 nitrogen and oxygen atoms in total. The largest absolute Gasteiger partial charge is 0.316 e. The molecule has 0 amide bonds. The molecule has 0 bridgehead atoms. The number of hydrogen-bond acceptors (Lipinski definition) is 3. The lowest BCUT2D eigenvalue weighted by Gasteiger charge is -2.35. The number of piperidine rings is 1. The van der Waals surface area contributed by atoms with E-state index in [-0.39, 0.29) is 0 Å². The average Bonchev–Trinajstić information content (AvgIpc) is 3.09. The van der Waals surface area contributed by atoms with E-state index in [0.29, 0.717) is 5.41 Å². The summed E-state index contributed by atoms with van der Waals surface area (Å²) >= 11 is 0. The molecular formula is C16H29N3. The van der Waals surface area contributed by atoms with Crippen LogP contribution in [0.1, 0.15) is 46.0 Å². The van der Waals surface area contributed by atoms with Gasteiger partial charge in [0.1, 0.15) is 0 Å². The zero-order valence-corrected chi connectivity index (χ0v) is 12.6. The Morgan fingerprint density at radius 1 is 1.42 bits per heavy atom. The average molecular weight is 263 g/mol. The summed E-state index contributed by atoms with van der Waals surface area (Å²) in [7, 11) is 0. The van der Waals surface area contributed by atoms with Crippen LogP contribution in [0.25, 0.3) is 0 Å². The van der Waals surface area contributed by atoms with E-state index in [1.165, 1.54) is 51.9 Å². The van der Waals surface area contributed by atoms with Gasteiger partial charge in [-0.25, -0.2) is 0 Å². The molecular weight excluding hydrogens is 234 g/mol. The van der Waals surface area contributed by atoms with E-state index in [1.807, 2.05) is 0 Å². The first-order valence-electron chi connectivity index (χ1n) is 7.93. The Morgan fingerprint density at radius 3 is 2.84 bits per heavy atom. The molecule has 2 aliphatic rings. The van der Waals surface area contributed by atoms with Crippen molar-refractivity contribution in [2.45, 2.75) is 46.0 Å². The van der Waals surface area contributed by atoms with Crippen molar-refractivity contribution in [3.63, 3.8) is 0 Å². The fourth-order valence-corrected chi connectivity index (χ4v) is 3.25. The van der Waals surface area contributed by atoms with Crippen molar-refractivity contribution in [1.29, 1.82) is 5.26 Å². The molecule has 1 atom stereocenters. The first-order valence-corrected chi connectivity index (χ1v) is 7.93. The molecule has 1 aliphatic carbocycles. The predicted octanol–water partition coefficient (Wildman–Crippen LogP) is 2.64.